The summed E-state index contributed by atoms with van der Waals surface area (Å²) < 4.78 is 6.07. The number of nitro groups is 2. The Hall–Kier alpha value is -4.96. The third kappa shape index (κ3) is 4.87. The molecule has 0 aromatic heterocycles. The molecule has 2 saturated heterocycles. The number of phenols is 1. The van der Waals surface area contributed by atoms with Crippen molar-refractivity contribution < 1.29 is 38.9 Å². The van der Waals surface area contributed by atoms with E-state index >= 15 is 0 Å². The molecule has 1 saturated carbocycles. The van der Waals surface area contributed by atoms with E-state index in [1.54, 1.807) is 6.07 Å². The predicted octanol–water partition coefficient (Wildman–Crippen LogP) is 5.79. The number of hydrogen-bond acceptors (Lipinski definition) is 10. The number of hydrogen-bond donors (Lipinski definition) is 1. The molecular formula is C33H24Br2N4O10. The average molecular weight is 796 g/mol. The van der Waals surface area contributed by atoms with Gasteiger partial charge in [0.05, 0.1) is 56.5 Å². The number of anilines is 2. The number of non-ortho nitro benzene ring substituents is 2. The SMILES string of the molecule is COc1cc(C2C3=CCC4C(=O)N(c5ccc([N+](=O)[O-])cc5)C(=O)C4C3CC3C(=O)N(c4ccc([N+](=O)[O-])cc4)C(=O)C32)c(Br)c(Br)c1O. The Morgan fingerprint density at radius 1 is 0.755 bits per heavy atom. The molecular weight excluding hydrogens is 772 g/mol. The monoisotopic (exact) mass is 794 g/mol. The molecule has 2 heterocycles. The fraction of sp³-hybridized carbons (Fsp3) is 0.273. The van der Waals surface area contributed by atoms with Gasteiger partial charge < -0.3 is 9.84 Å². The number of methoxy groups -OCH3 is 1. The first-order chi connectivity index (χ1) is 23.3. The highest BCUT2D eigenvalue weighted by molar-refractivity contribution is 9.13. The van der Waals surface area contributed by atoms with E-state index in [1.165, 1.54) is 55.6 Å². The van der Waals surface area contributed by atoms with E-state index in [2.05, 4.69) is 31.9 Å². The van der Waals surface area contributed by atoms with E-state index in [-0.39, 0.29) is 51.6 Å². The van der Waals surface area contributed by atoms with Crippen LogP contribution in [0.1, 0.15) is 24.3 Å². The smallest absolute Gasteiger partial charge is 0.269 e. The minimum Gasteiger partial charge on any atom is -0.503 e. The first-order valence-corrected chi connectivity index (χ1v) is 16.6. The molecule has 49 heavy (non-hydrogen) atoms. The van der Waals surface area contributed by atoms with Crippen molar-refractivity contribution in [2.45, 2.75) is 18.8 Å². The van der Waals surface area contributed by atoms with Crippen LogP contribution in [-0.2, 0) is 19.2 Å². The van der Waals surface area contributed by atoms with Crippen molar-refractivity contribution in [3.05, 3.63) is 101 Å². The lowest BCUT2D eigenvalue weighted by molar-refractivity contribution is -0.385. The third-order valence-electron chi connectivity index (χ3n) is 10.0. The van der Waals surface area contributed by atoms with Gasteiger partial charge in [-0.15, -0.1) is 0 Å². The lowest BCUT2D eigenvalue weighted by atomic mass is 9.57. The van der Waals surface area contributed by atoms with Gasteiger partial charge >= 0.3 is 0 Å². The quantitative estimate of drug-likeness (QED) is 0.138. The molecule has 2 aliphatic carbocycles. The Morgan fingerprint density at radius 3 is 1.78 bits per heavy atom. The van der Waals surface area contributed by atoms with Gasteiger partial charge in [-0.3, -0.25) is 49.2 Å². The van der Waals surface area contributed by atoms with Crippen LogP contribution in [0.25, 0.3) is 0 Å². The van der Waals surface area contributed by atoms with E-state index in [1.807, 2.05) is 6.08 Å². The molecule has 3 aromatic carbocycles. The van der Waals surface area contributed by atoms with Gasteiger partial charge in [-0.25, -0.2) is 0 Å². The van der Waals surface area contributed by atoms with Gasteiger partial charge in [0.25, 0.3) is 11.4 Å². The van der Waals surface area contributed by atoms with Gasteiger partial charge in [-0.05, 0) is 86.5 Å². The summed E-state index contributed by atoms with van der Waals surface area (Å²) in [6.07, 6.45) is 2.09. The van der Waals surface area contributed by atoms with Crippen molar-refractivity contribution in [2.24, 2.45) is 29.6 Å². The number of nitro benzene ring substituents is 2. The zero-order valence-electron chi connectivity index (χ0n) is 25.3. The summed E-state index contributed by atoms with van der Waals surface area (Å²) in [5, 5.41) is 33.2. The molecule has 2 aliphatic heterocycles. The largest absolute Gasteiger partial charge is 0.503 e. The Labute approximate surface area is 293 Å². The van der Waals surface area contributed by atoms with E-state index < -0.39 is 69.0 Å². The standard InChI is InChI=1S/C33H24Br2N4O10/c1-49-23-13-21(27(34)28(35)29(23)40)24-18-10-11-19-25(32(43)36(30(19)41)14-2-6-16(7-3-14)38(45)46)20(18)12-22-26(24)33(44)37(31(22)42)15-4-8-17(9-5-15)39(47)48/h2-10,13,19-20,22,24-26,40H,11-12H2,1H3. The van der Waals surface area contributed by atoms with Crippen molar-refractivity contribution in [3.63, 3.8) is 0 Å². The predicted molar refractivity (Wildman–Crippen MR) is 179 cm³/mol. The van der Waals surface area contributed by atoms with E-state index in [0.29, 0.717) is 15.6 Å². The molecule has 0 spiro atoms. The number of imide groups is 2. The van der Waals surface area contributed by atoms with Crippen LogP contribution in [0.3, 0.4) is 0 Å². The van der Waals surface area contributed by atoms with Crippen LogP contribution in [0, 0.1) is 49.8 Å². The van der Waals surface area contributed by atoms with Crippen molar-refractivity contribution in [2.75, 3.05) is 16.9 Å². The zero-order chi connectivity index (χ0) is 35.0. The number of halogens is 2. The van der Waals surface area contributed by atoms with Crippen LogP contribution in [0.4, 0.5) is 22.7 Å². The van der Waals surface area contributed by atoms with Gasteiger partial charge in [0.15, 0.2) is 11.5 Å². The second-order valence-electron chi connectivity index (χ2n) is 12.2. The minimum absolute atomic E-state index is 0.0728. The number of phenolic OH excluding ortho intramolecular Hbond substituents is 1. The summed E-state index contributed by atoms with van der Waals surface area (Å²) >= 11 is 6.95. The number of nitrogens with zero attached hydrogens (tertiary/aromatic N) is 4. The van der Waals surface area contributed by atoms with Crippen molar-refractivity contribution in [1.29, 1.82) is 0 Å². The highest BCUT2D eigenvalue weighted by Crippen LogP contribution is 2.60. The number of fused-ring (bicyclic) bond motifs is 4. The maximum absolute atomic E-state index is 14.4. The number of aromatic hydroxyl groups is 1. The summed E-state index contributed by atoms with van der Waals surface area (Å²) in [6, 6.07) is 11.8. The van der Waals surface area contributed by atoms with Gasteiger partial charge in [-0.2, -0.15) is 0 Å². The van der Waals surface area contributed by atoms with Crippen LogP contribution in [0.5, 0.6) is 11.5 Å². The summed E-state index contributed by atoms with van der Waals surface area (Å²) in [5.41, 5.74) is 1.11. The Kier molecular flexibility index (Phi) is 7.89. The molecule has 6 unspecified atom stereocenters. The Morgan fingerprint density at radius 2 is 1.27 bits per heavy atom. The van der Waals surface area contributed by atoms with Gasteiger partial charge in [0.2, 0.25) is 23.6 Å². The molecule has 3 aromatic rings. The molecule has 16 heteroatoms. The Balaban J connectivity index is 1.35. The van der Waals surface area contributed by atoms with E-state index in [0.717, 1.165) is 9.80 Å². The number of allylic oxidation sites excluding steroid dienone is 2. The van der Waals surface area contributed by atoms with Gasteiger partial charge in [-0.1, -0.05) is 11.6 Å². The highest BCUT2D eigenvalue weighted by atomic mass is 79.9. The molecule has 14 nitrogen and oxygen atoms in total. The highest BCUT2D eigenvalue weighted by Gasteiger charge is 2.62. The van der Waals surface area contributed by atoms with E-state index in [4.69, 9.17) is 4.74 Å². The molecule has 0 bridgehead atoms. The molecule has 6 atom stereocenters. The van der Waals surface area contributed by atoms with Crippen LogP contribution < -0.4 is 14.5 Å². The maximum atomic E-state index is 14.4. The molecule has 4 amide bonds. The molecule has 250 valence electrons. The van der Waals surface area contributed by atoms with Crippen molar-refractivity contribution >= 4 is 78.2 Å². The summed E-state index contributed by atoms with van der Waals surface area (Å²) in [5.74, 6) is -7.16. The zero-order valence-corrected chi connectivity index (χ0v) is 28.5. The minimum atomic E-state index is -0.961. The van der Waals surface area contributed by atoms with Crippen molar-refractivity contribution in [1.82, 2.24) is 0 Å². The topological polar surface area (TPSA) is 190 Å². The number of carbonyl (C=O) groups excluding carboxylic acids is 4. The van der Waals surface area contributed by atoms with Crippen LogP contribution in [0.15, 0.2) is 75.2 Å². The number of ether oxygens (including phenoxy) is 1. The molecule has 0 radical (unpaired) electrons. The lowest BCUT2D eigenvalue weighted by Crippen LogP contribution is -2.43. The third-order valence-corrected chi connectivity index (χ3v) is 12.2. The summed E-state index contributed by atoms with van der Waals surface area (Å²) in [4.78, 5) is 79.9. The lowest BCUT2D eigenvalue weighted by Gasteiger charge is -2.44. The molecule has 3 fully saturated rings. The fourth-order valence-corrected chi connectivity index (χ4v) is 8.86. The molecule has 4 aliphatic rings. The van der Waals surface area contributed by atoms with Crippen LogP contribution >= 0.6 is 31.9 Å². The second kappa shape index (κ2) is 11.9. The van der Waals surface area contributed by atoms with Crippen LogP contribution in [-0.4, -0.2) is 45.7 Å². The van der Waals surface area contributed by atoms with Crippen LogP contribution in [0.2, 0.25) is 0 Å². The van der Waals surface area contributed by atoms with Gasteiger partial charge in [0.1, 0.15) is 0 Å². The van der Waals surface area contributed by atoms with E-state index in [9.17, 15) is 44.5 Å². The first kappa shape index (κ1) is 32.6. The number of benzene rings is 3. The first-order valence-electron chi connectivity index (χ1n) is 15.0. The molecule has 1 N–H and O–H groups in total. The normalized spacial score (nSPS) is 25.9. The number of rotatable bonds is 6. The fourth-order valence-electron chi connectivity index (χ4n) is 7.89. The summed E-state index contributed by atoms with van der Waals surface area (Å²) in [6.45, 7) is 0. The average Bonchev–Trinajstić information content (AvgIpc) is 3.50. The van der Waals surface area contributed by atoms with Gasteiger partial charge in [0, 0.05) is 34.7 Å². The Bertz CT molecular complexity index is 2030. The number of amides is 4. The second-order valence-corrected chi connectivity index (χ2v) is 13.8. The maximum Gasteiger partial charge on any atom is 0.269 e. The number of carbonyl (C=O) groups is 4. The van der Waals surface area contributed by atoms with Crippen molar-refractivity contribution in [3.8, 4) is 11.5 Å². The molecule has 7 rings (SSSR count). The summed E-state index contributed by atoms with van der Waals surface area (Å²) in [7, 11) is 1.37.